The Hall–Kier alpha value is -0.740. The van der Waals surface area contributed by atoms with Crippen LogP contribution in [0.3, 0.4) is 0 Å². The van der Waals surface area contributed by atoms with Gasteiger partial charge in [0.1, 0.15) is 0 Å². The third kappa shape index (κ3) is 6.18. The first-order valence-electron chi connectivity index (χ1n) is 9.12. The zero-order chi connectivity index (χ0) is 19.2. The SMILES string of the molecule is CCC(CCC(Br)Oc1c(C)c(C)cc(COC)c1OC)C(C)(C)C. The highest BCUT2D eigenvalue weighted by Gasteiger charge is 2.25. The van der Waals surface area contributed by atoms with Gasteiger partial charge in [-0.1, -0.05) is 34.1 Å². The molecule has 2 atom stereocenters. The number of rotatable bonds is 9. The third-order valence-electron chi connectivity index (χ3n) is 5.03. The first kappa shape index (κ1) is 22.3. The summed E-state index contributed by atoms with van der Waals surface area (Å²) in [6.45, 7) is 13.9. The van der Waals surface area contributed by atoms with Crippen LogP contribution in [-0.2, 0) is 11.3 Å². The Morgan fingerprint density at radius 3 is 2.20 bits per heavy atom. The van der Waals surface area contributed by atoms with Crippen LogP contribution in [0.25, 0.3) is 0 Å². The molecule has 2 unspecified atom stereocenters. The van der Waals surface area contributed by atoms with Crippen LogP contribution in [0.15, 0.2) is 6.07 Å². The fourth-order valence-electron chi connectivity index (χ4n) is 3.33. The van der Waals surface area contributed by atoms with Crippen molar-refractivity contribution >= 4 is 15.9 Å². The van der Waals surface area contributed by atoms with Crippen molar-refractivity contribution in [3.63, 3.8) is 0 Å². The second-order valence-corrected chi connectivity index (χ2v) is 8.87. The summed E-state index contributed by atoms with van der Waals surface area (Å²) in [5, 5.41) is -0.0336. The highest BCUT2D eigenvalue weighted by atomic mass is 79.9. The quantitative estimate of drug-likeness (QED) is 0.436. The molecule has 0 amide bonds. The van der Waals surface area contributed by atoms with Crippen LogP contribution in [0.5, 0.6) is 11.5 Å². The van der Waals surface area contributed by atoms with Gasteiger partial charge in [0.2, 0.25) is 0 Å². The lowest BCUT2D eigenvalue weighted by Crippen LogP contribution is -2.22. The van der Waals surface area contributed by atoms with E-state index in [4.69, 9.17) is 14.2 Å². The number of halogens is 1. The highest BCUT2D eigenvalue weighted by molar-refractivity contribution is 9.09. The maximum atomic E-state index is 6.28. The summed E-state index contributed by atoms with van der Waals surface area (Å²) in [7, 11) is 3.38. The van der Waals surface area contributed by atoms with Crippen LogP contribution < -0.4 is 9.47 Å². The maximum absolute atomic E-state index is 6.28. The molecule has 144 valence electrons. The molecule has 0 aliphatic rings. The van der Waals surface area contributed by atoms with Crippen LogP contribution in [0, 0.1) is 25.2 Å². The lowest BCUT2D eigenvalue weighted by molar-refractivity contribution is 0.177. The van der Waals surface area contributed by atoms with Crippen LogP contribution in [-0.4, -0.2) is 19.2 Å². The summed E-state index contributed by atoms with van der Waals surface area (Å²) in [4.78, 5) is 0. The van der Waals surface area contributed by atoms with Crippen LogP contribution in [0.2, 0.25) is 0 Å². The largest absolute Gasteiger partial charge is 0.492 e. The fourth-order valence-corrected chi connectivity index (χ4v) is 3.78. The molecule has 0 N–H and O–H groups in total. The molecule has 0 aliphatic carbocycles. The van der Waals surface area contributed by atoms with Crippen LogP contribution in [0.4, 0.5) is 0 Å². The summed E-state index contributed by atoms with van der Waals surface area (Å²) in [5.74, 6) is 2.28. The molecule has 0 aromatic heterocycles. The first-order valence-corrected chi connectivity index (χ1v) is 10.0. The molecule has 3 nitrogen and oxygen atoms in total. The van der Waals surface area contributed by atoms with E-state index in [9.17, 15) is 0 Å². The summed E-state index contributed by atoms with van der Waals surface area (Å²) >= 11 is 3.72. The van der Waals surface area contributed by atoms with E-state index in [0.717, 1.165) is 35.5 Å². The van der Waals surface area contributed by atoms with Crippen molar-refractivity contribution in [3.05, 3.63) is 22.8 Å². The Balaban J connectivity index is 2.94. The Kier molecular flexibility index (Phi) is 8.76. The molecule has 4 heteroatoms. The number of hydrogen-bond donors (Lipinski definition) is 0. The molecule has 0 fully saturated rings. The van der Waals surface area contributed by atoms with Gasteiger partial charge in [0, 0.05) is 12.7 Å². The molecule has 25 heavy (non-hydrogen) atoms. The van der Waals surface area contributed by atoms with Gasteiger partial charge in [-0.3, -0.25) is 0 Å². The lowest BCUT2D eigenvalue weighted by atomic mass is 9.77. The zero-order valence-electron chi connectivity index (χ0n) is 17.2. The topological polar surface area (TPSA) is 27.7 Å². The highest BCUT2D eigenvalue weighted by Crippen LogP contribution is 2.39. The molecule has 0 spiro atoms. The predicted octanol–water partition coefficient (Wildman–Crippen LogP) is 6.41. The summed E-state index contributed by atoms with van der Waals surface area (Å²) < 4.78 is 17.2. The minimum atomic E-state index is -0.0336. The number of hydrogen-bond acceptors (Lipinski definition) is 3. The molecular weight excluding hydrogens is 380 g/mol. The van der Waals surface area contributed by atoms with E-state index in [1.807, 2.05) is 0 Å². The molecule has 1 aromatic rings. The van der Waals surface area contributed by atoms with E-state index < -0.39 is 0 Å². The van der Waals surface area contributed by atoms with E-state index in [0.29, 0.717) is 17.9 Å². The average molecular weight is 415 g/mol. The fraction of sp³-hybridized carbons (Fsp3) is 0.714. The van der Waals surface area contributed by atoms with Gasteiger partial charge in [0.15, 0.2) is 16.5 Å². The van der Waals surface area contributed by atoms with E-state index in [1.54, 1.807) is 14.2 Å². The van der Waals surface area contributed by atoms with Gasteiger partial charge in [-0.05, 0) is 71.1 Å². The standard InChI is InChI=1S/C21H35BrO3/c1-9-17(21(4,5)6)10-11-18(22)25-19-15(3)14(2)12-16(13-23-7)20(19)24-8/h12,17-18H,9-11,13H2,1-8H3. The van der Waals surface area contributed by atoms with Gasteiger partial charge in [-0.2, -0.15) is 0 Å². The Bertz CT molecular complexity index is 549. The third-order valence-corrected chi connectivity index (χ3v) is 5.67. The maximum Gasteiger partial charge on any atom is 0.166 e. The first-order chi connectivity index (χ1) is 11.6. The Morgan fingerprint density at radius 2 is 1.72 bits per heavy atom. The normalized spacial score (nSPS) is 14.3. The second kappa shape index (κ2) is 9.82. The summed E-state index contributed by atoms with van der Waals surface area (Å²) in [5.41, 5.74) is 3.64. The van der Waals surface area contributed by atoms with Crippen molar-refractivity contribution in [2.45, 2.75) is 72.4 Å². The van der Waals surface area contributed by atoms with Crippen molar-refractivity contribution < 1.29 is 14.2 Å². The van der Waals surface area contributed by atoms with E-state index >= 15 is 0 Å². The monoisotopic (exact) mass is 414 g/mol. The van der Waals surface area contributed by atoms with Crippen molar-refractivity contribution in [2.24, 2.45) is 11.3 Å². The van der Waals surface area contributed by atoms with Gasteiger partial charge in [-0.25, -0.2) is 0 Å². The van der Waals surface area contributed by atoms with Gasteiger partial charge >= 0.3 is 0 Å². The van der Waals surface area contributed by atoms with Crippen LogP contribution in [0.1, 0.15) is 63.6 Å². The van der Waals surface area contributed by atoms with Crippen molar-refractivity contribution in [3.8, 4) is 11.5 Å². The van der Waals surface area contributed by atoms with Crippen molar-refractivity contribution in [1.82, 2.24) is 0 Å². The second-order valence-electron chi connectivity index (χ2n) is 7.85. The molecule has 0 bridgehead atoms. The Morgan fingerprint density at radius 1 is 1.08 bits per heavy atom. The van der Waals surface area contributed by atoms with Crippen LogP contribution >= 0.6 is 15.9 Å². The van der Waals surface area contributed by atoms with Crippen molar-refractivity contribution in [1.29, 1.82) is 0 Å². The van der Waals surface area contributed by atoms with E-state index in [-0.39, 0.29) is 5.01 Å². The molecule has 1 aromatic carbocycles. The van der Waals surface area contributed by atoms with Gasteiger partial charge < -0.3 is 14.2 Å². The molecule has 0 heterocycles. The summed E-state index contributed by atoms with van der Waals surface area (Å²) in [6, 6.07) is 2.11. The average Bonchev–Trinajstić information content (AvgIpc) is 2.52. The smallest absolute Gasteiger partial charge is 0.166 e. The van der Waals surface area contributed by atoms with Gasteiger partial charge in [-0.15, -0.1) is 0 Å². The molecule has 0 radical (unpaired) electrons. The minimum absolute atomic E-state index is 0.0336. The molecule has 0 saturated heterocycles. The zero-order valence-corrected chi connectivity index (χ0v) is 18.7. The number of methoxy groups -OCH3 is 2. The van der Waals surface area contributed by atoms with E-state index in [1.165, 1.54) is 12.0 Å². The number of alkyl halides is 1. The number of benzene rings is 1. The van der Waals surface area contributed by atoms with Gasteiger partial charge in [0.25, 0.3) is 0 Å². The minimum Gasteiger partial charge on any atom is -0.492 e. The predicted molar refractivity (Wildman–Crippen MR) is 109 cm³/mol. The lowest BCUT2D eigenvalue weighted by Gasteiger charge is -2.30. The molecule has 0 aliphatic heterocycles. The Labute approximate surface area is 162 Å². The molecular formula is C21H35BrO3. The van der Waals surface area contributed by atoms with Crippen molar-refractivity contribution in [2.75, 3.05) is 14.2 Å². The molecule has 0 saturated carbocycles. The number of ether oxygens (including phenoxy) is 3. The summed E-state index contributed by atoms with van der Waals surface area (Å²) in [6.07, 6.45) is 3.29. The number of aryl methyl sites for hydroxylation is 1. The van der Waals surface area contributed by atoms with E-state index in [2.05, 4.69) is 63.5 Å². The van der Waals surface area contributed by atoms with Gasteiger partial charge in [0.05, 0.1) is 13.7 Å². The molecule has 1 rings (SSSR count).